The van der Waals surface area contributed by atoms with Crippen LogP contribution in [0.4, 0.5) is 5.69 Å². The van der Waals surface area contributed by atoms with Gasteiger partial charge < -0.3 is 11.2 Å². The predicted octanol–water partition coefficient (Wildman–Crippen LogP) is 5.09. The average molecular weight is 450 g/mol. The standard InChI is InChI=1S/C23H20ClN5OS/c1-15-11-13-17(14-12-15)26-22(30)20(16-7-3-2-4-8-16)31-23-28-27-21(29(23)25)18-9-5-6-10-19(18)24/h2-14,20H,25H2,1H3,(H,26,30). The summed E-state index contributed by atoms with van der Waals surface area (Å²) in [6.45, 7) is 2.00. The van der Waals surface area contributed by atoms with Crippen molar-refractivity contribution in [3.63, 3.8) is 0 Å². The highest BCUT2D eigenvalue weighted by Gasteiger charge is 2.26. The Morgan fingerprint density at radius 1 is 1.00 bits per heavy atom. The molecule has 3 aromatic carbocycles. The molecule has 0 saturated heterocycles. The van der Waals surface area contributed by atoms with Crippen LogP contribution in [-0.2, 0) is 4.79 Å². The number of nitrogens with two attached hydrogens (primary N) is 1. The zero-order valence-electron chi connectivity index (χ0n) is 16.7. The summed E-state index contributed by atoms with van der Waals surface area (Å²) in [4.78, 5) is 13.2. The van der Waals surface area contributed by atoms with Crippen LogP contribution in [0.2, 0.25) is 5.02 Å². The summed E-state index contributed by atoms with van der Waals surface area (Å²) in [5, 5.41) is 11.7. The van der Waals surface area contributed by atoms with E-state index in [1.165, 1.54) is 16.4 Å². The number of hydrogen-bond acceptors (Lipinski definition) is 5. The Morgan fingerprint density at radius 3 is 2.39 bits per heavy atom. The van der Waals surface area contributed by atoms with E-state index in [1.54, 1.807) is 6.07 Å². The van der Waals surface area contributed by atoms with Crippen molar-refractivity contribution in [3.8, 4) is 11.4 Å². The number of thioether (sulfide) groups is 1. The Kier molecular flexibility index (Phi) is 6.25. The predicted molar refractivity (Wildman–Crippen MR) is 125 cm³/mol. The number of rotatable bonds is 6. The van der Waals surface area contributed by atoms with Crippen LogP contribution in [0.1, 0.15) is 16.4 Å². The average Bonchev–Trinajstić information content (AvgIpc) is 3.14. The van der Waals surface area contributed by atoms with E-state index in [0.29, 0.717) is 21.6 Å². The molecule has 0 bridgehead atoms. The number of nitrogens with one attached hydrogen (secondary N) is 1. The molecule has 0 spiro atoms. The van der Waals surface area contributed by atoms with Crippen molar-refractivity contribution >= 4 is 35.0 Å². The Morgan fingerprint density at radius 2 is 1.68 bits per heavy atom. The first-order valence-corrected chi connectivity index (χ1v) is 10.8. The Balaban J connectivity index is 1.64. The van der Waals surface area contributed by atoms with E-state index in [4.69, 9.17) is 17.4 Å². The van der Waals surface area contributed by atoms with Crippen LogP contribution in [0.5, 0.6) is 0 Å². The molecule has 1 heterocycles. The molecule has 0 aliphatic rings. The normalized spacial score (nSPS) is 11.8. The van der Waals surface area contributed by atoms with Crippen molar-refractivity contribution < 1.29 is 4.79 Å². The number of halogens is 1. The van der Waals surface area contributed by atoms with Crippen LogP contribution in [0, 0.1) is 6.92 Å². The van der Waals surface area contributed by atoms with Gasteiger partial charge in [-0.3, -0.25) is 4.79 Å². The fraction of sp³-hybridized carbons (Fsp3) is 0.0870. The van der Waals surface area contributed by atoms with Crippen molar-refractivity contribution in [3.05, 3.63) is 95.0 Å². The van der Waals surface area contributed by atoms with E-state index in [9.17, 15) is 4.79 Å². The molecule has 1 unspecified atom stereocenters. The molecule has 0 radical (unpaired) electrons. The Labute approximate surface area is 189 Å². The number of aromatic nitrogens is 3. The summed E-state index contributed by atoms with van der Waals surface area (Å²) in [6, 6.07) is 24.4. The van der Waals surface area contributed by atoms with E-state index >= 15 is 0 Å². The number of carbonyl (C=O) groups excluding carboxylic acids is 1. The quantitative estimate of drug-likeness (QED) is 0.316. The number of nitrogens with zero attached hydrogens (tertiary/aromatic N) is 3. The molecule has 0 saturated carbocycles. The summed E-state index contributed by atoms with van der Waals surface area (Å²) < 4.78 is 1.36. The lowest BCUT2D eigenvalue weighted by molar-refractivity contribution is -0.115. The Hall–Kier alpha value is -3.29. The molecule has 1 atom stereocenters. The lowest BCUT2D eigenvalue weighted by Crippen LogP contribution is -2.20. The first-order chi connectivity index (χ1) is 15.0. The number of aryl methyl sites for hydroxylation is 1. The molecular weight excluding hydrogens is 430 g/mol. The molecule has 6 nitrogen and oxygen atoms in total. The maximum atomic E-state index is 13.2. The van der Waals surface area contributed by atoms with Crippen LogP contribution < -0.4 is 11.2 Å². The summed E-state index contributed by atoms with van der Waals surface area (Å²) in [6.07, 6.45) is 0. The third-order valence-corrected chi connectivity index (χ3v) is 6.20. The third kappa shape index (κ3) is 4.73. The van der Waals surface area contributed by atoms with Gasteiger partial charge in [0.25, 0.3) is 0 Å². The minimum Gasteiger partial charge on any atom is -0.335 e. The number of hydrogen-bond donors (Lipinski definition) is 2. The smallest absolute Gasteiger partial charge is 0.242 e. The number of amides is 1. The van der Waals surface area contributed by atoms with Gasteiger partial charge in [0, 0.05) is 11.3 Å². The highest BCUT2D eigenvalue weighted by atomic mass is 35.5. The zero-order valence-corrected chi connectivity index (χ0v) is 18.3. The number of carbonyl (C=O) groups is 1. The molecule has 31 heavy (non-hydrogen) atoms. The topological polar surface area (TPSA) is 85.8 Å². The zero-order chi connectivity index (χ0) is 21.8. The largest absolute Gasteiger partial charge is 0.335 e. The van der Waals surface area contributed by atoms with Gasteiger partial charge in [0.1, 0.15) is 5.25 Å². The van der Waals surface area contributed by atoms with E-state index in [2.05, 4.69) is 15.5 Å². The molecule has 1 aromatic heterocycles. The molecular formula is C23H20ClN5OS. The van der Waals surface area contributed by atoms with Gasteiger partial charge in [-0.2, -0.15) is 0 Å². The fourth-order valence-corrected chi connectivity index (χ4v) is 4.21. The van der Waals surface area contributed by atoms with Crippen molar-refractivity contribution in [2.75, 3.05) is 11.2 Å². The molecule has 0 fully saturated rings. The van der Waals surface area contributed by atoms with Crippen LogP contribution in [0.15, 0.2) is 84.0 Å². The summed E-state index contributed by atoms with van der Waals surface area (Å²) >= 11 is 7.52. The SMILES string of the molecule is Cc1ccc(NC(=O)C(Sc2nnc(-c3ccccc3Cl)n2N)c2ccccc2)cc1. The lowest BCUT2D eigenvalue weighted by Gasteiger charge is -2.16. The molecule has 8 heteroatoms. The number of anilines is 1. The van der Waals surface area contributed by atoms with E-state index in [0.717, 1.165) is 16.8 Å². The minimum absolute atomic E-state index is 0.178. The van der Waals surface area contributed by atoms with Crippen LogP contribution >= 0.6 is 23.4 Å². The summed E-state index contributed by atoms with van der Waals surface area (Å²) in [5.74, 6) is 6.53. The van der Waals surface area contributed by atoms with E-state index in [-0.39, 0.29) is 5.91 Å². The molecule has 4 aromatic rings. The summed E-state index contributed by atoms with van der Waals surface area (Å²) in [7, 11) is 0. The minimum atomic E-state index is -0.576. The molecule has 156 valence electrons. The molecule has 1 amide bonds. The number of nitrogen functional groups attached to an aromatic ring is 1. The van der Waals surface area contributed by atoms with Gasteiger partial charge in [-0.1, -0.05) is 83.5 Å². The monoisotopic (exact) mass is 449 g/mol. The second-order valence-corrected chi connectivity index (χ2v) is 8.40. The summed E-state index contributed by atoms with van der Waals surface area (Å²) in [5.41, 5.74) is 3.35. The van der Waals surface area contributed by atoms with Gasteiger partial charge in [0.2, 0.25) is 11.1 Å². The molecule has 4 rings (SSSR count). The molecule has 0 aliphatic heterocycles. The van der Waals surface area contributed by atoms with Crippen LogP contribution in [0.25, 0.3) is 11.4 Å². The van der Waals surface area contributed by atoms with Crippen molar-refractivity contribution in [1.29, 1.82) is 0 Å². The van der Waals surface area contributed by atoms with Crippen LogP contribution in [0.3, 0.4) is 0 Å². The van der Waals surface area contributed by atoms with Gasteiger partial charge in [-0.05, 0) is 36.8 Å². The number of benzene rings is 3. The first kappa shape index (κ1) is 21.0. The van der Waals surface area contributed by atoms with Gasteiger partial charge in [-0.25, -0.2) is 4.68 Å². The van der Waals surface area contributed by atoms with Gasteiger partial charge in [-0.15, -0.1) is 10.2 Å². The molecule has 0 aliphatic carbocycles. The van der Waals surface area contributed by atoms with Crippen molar-refractivity contribution in [2.24, 2.45) is 0 Å². The van der Waals surface area contributed by atoms with Crippen LogP contribution in [-0.4, -0.2) is 20.8 Å². The van der Waals surface area contributed by atoms with Crippen molar-refractivity contribution in [1.82, 2.24) is 14.9 Å². The highest BCUT2D eigenvalue weighted by Crippen LogP contribution is 2.36. The van der Waals surface area contributed by atoms with E-state index < -0.39 is 5.25 Å². The van der Waals surface area contributed by atoms with Gasteiger partial charge in [0.15, 0.2) is 5.82 Å². The van der Waals surface area contributed by atoms with E-state index in [1.807, 2.05) is 79.7 Å². The second kappa shape index (κ2) is 9.24. The first-order valence-electron chi connectivity index (χ1n) is 9.57. The van der Waals surface area contributed by atoms with Gasteiger partial charge in [0.05, 0.1) is 5.02 Å². The van der Waals surface area contributed by atoms with Crippen molar-refractivity contribution in [2.45, 2.75) is 17.3 Å². The lowest BCUT2D eigenvalue weighted by atomic mass is 10.1. The van der Waals surface area contributed by atoms with Gasteiger partial charge >= 0.3 is 0 Å². The Bertz CT molecular complexity index is 1190. The highest BCUT2D eigenvalue weighted by molar-refractivity contribution is 8.00. The third-order valence-electron chi connectivity index (χ3n) is 4.66. The second-order valence-electron chi connectivity index (χ2n) is 6.92. The molecule has 3 N–H and O–H groups in total. The fourth-order valence-electron chi connectivity index (χ4n) is 3.03. The maximum absolute atomic E-state index is 13.2. The maximum Gasteiger partial charge on any atom is 0.242 e.